The van der Waals surface area contributed by atoms with Crippen molar-refractivity contribution in [3.05, 3.63) is 36.7 Å². The number of sulfonamides is 1. The number of nitrogens with zero attached hydrogens (tertiary/aromatic N) is 4. The highest BCUT2D eigenvalue weighted by atomic mass is 32.2. The van der Waals surface area contributed by atoms with E-state index in [9.17, 15) is 17.6 Å². The number of rotatable bonds is 4. The molecule has 1 aromatic carbocycles. The van der Waals surface area contributed by atoms with Gasteiger partial charge in [0.1, 0.15) is 24.4 Å². The lowest BCUT2D eigenvalue weighted by atomic mass is 10.0. The number of hydrogen-bond acceptors (Lipinski definition) is 5. The maximum absolute atomic E-state index is 14.2. The smallest absolute Gasteiger partial charge is 0.242 e. The van der Waals surface area contributed by atoms with E-state index in [2.05, 4.69) is 15.4 Å². The number of amides is 1. The first kappa shape index (κ1) is 17.5. The molecule has 2 aromatic rings. The first-order valence-corrected chi connectivity index (χ1v) is 9.63. The lowest BCUT2D eigenvalue weighted by Crippen LogP contribution is -2.49. The Bertz CT molecular complexity index is 869. The van der Waals surface area contributed by atoms with Crippen LogP contribution in [0, 0.1) is 5.82 Å². The Morgan fingerprint density at radius 2 is 2.16 bits per heavy atom. The van der Waals surface area contributed by atoms with Gasteiger partial charge >= 0.3 is 0 Å². The van der Waals surface area contributed by atoms with Crippen LogP contribution in [-0.2, 0) is 14.8 Å². The van der Waals surface area contributed by atoms with Crippen LogP contribution < -0.4 is 5.32 Å². The molecule has 25 heavy (non-hydrogen) atoms. The molecular weight excluding hydrogens is 349 g/mol. The Labute approximate surface area is 144 Å². The van der Waals surface area contributed by atoms with E-state index in [0.717, 1.165) is 19.1 Å². The maximum Gasteiger partial charge on any atom is 0.242 e. The van der Waals surface area contributed by atoms with Crippen LogP contribution in [0.15, 0.2) is 30.9 Å². The summed E-state index contributed by atoms with van der Waals surface area (Å²) >= 11 is 0. The fourth-order valence-corrected chi connectivity index (χ4v) is 4.02. The van der Waals surface area contributed by atoms with Crippen molar-refractivity contribution in [2.75, 3.05) is 18.1 Å². The van der Waals surface area contributed by atoms with Gasteiger partial charge < -0.3 is 5.32 Å². The third kappa shape index (κ3) is 3.85. The molecule has 0 spiro atoms. The van der Waals surface area contributed by atoms with Gasteiger partial charge in [-0.15, -0.1) is 0 Å². The fourth-order valence-electron chi connectivity index (χ4n) is 2.89. The molecule has 1 aliphatic heterocycles. The van der Waals surface area contributed by atoms with E-state index in [0.29, 0.717) is 13.0 Å². The van der Waals surface area contributed by atoms with Crippen molar-refractivity contribution in [2.45, 2.75) is 25.3 Å². The molecule has 1 fully saturated rings. The third-order valence-corrected chi connectivity index (χ3v) is 5.35. The van der Waals surface area contributed by atoms with Gasteiger partial charge in [-0.25, -0.2) is 22.5 Å². The summed E-state index contributed by atoms with van der Waals surface area (Å²) in [4.78, 5) is 16.2. The summed E-state index contributed by atoms with van der Waals surface area (Å²) in [6.45, 7) is 0.316. The van der Waals surface area contributed by atoms with Gasteiger partial charge in [-0.3, -0.25) is 4.79 Å². The number of carbonyl (C=O) groups excluding carboxylic acids is 1. The van der Waals surface area contributed by atoms with Crippen molar-refractivity contribution in [3.63, 3.8) is 0 Å². The summed E-state index contributed by atoms with van der Waals surface area (Å²) in [5.41, 5.74) is 0.455. The Kier molecular flexibility index (Phi) is 4.82. The molecule has 10 heteroatoms. The number of aromatic nitrogens is 3. The molecule has 1 atom stereocenters. The van der Waals surface area contributed by atoms with Gasteiger partial charge in [-0.2, -0.15) is 9.40 Å². The number of piperidine rings is 1. The molecule has 8 nitrogen and oxygen atoms in total. The number of nitrogens with one attached hydrogen (secondary N) is 1. The molecule has 3 rings (SSSR count). The van der Waals surface area contributed by atoms with Crippen LogP contribution in [0.4, 0.5) is 10.1 Å². The van der Waals surface area contributed by atoms with Crippen LogP contribution in [0.5, 0.6) is 0 Å². The van der Waals surface area contributed by atoms with Crippen molar-refractivity contribution >= 4 is 21.6 Å². The van der Waals surface area contributed by atoms with Crippen LogP contribution in [0.25, 0.3) is 5.69 Å². The average Bonchev–Trinajstić information content (AvgIpc) is 3.08. The maximum atomic E-state index is 14.2. The molecule has 0 bridgehead atoms. The Morgan fingerprint density at radius 3 is 2.80 bits per heavy atom. The topological polar surface area (TPSA) is 97.2 Å². The molecule has 2 heterocycles. The highest BCUT2D eigenvalue weighted by molar-refractivity contribution is 7.88. The summed E-state index contributed by atoms with van der Waals surface area (Å²) in [6.07, 6.45) is 5.67. The Morgan fingerprint density at radius 1 is 1.36 bits per heavy atom. The molecular formula is C15H18FN5O3S. The van der Waals surface area contributed by atoms with E-state index in [1.165, 1.54) is 39.8 Å². The van der Waals surface area contributed by atoms with E-state index in [4.69, 9.17) is 0 Å². The van der Waals surface area contributed by atoms with E-state index in [1.54, 1.807) is 0 Å². The fraction of sp³-hybridized carbons (Fsp3) is 0.400. The van der Waals surface area contributed by atoms with Gasteiger partial charge in [-0.05, 0) is 31.0 Å². The van der Waals surface area contributed by atoms with Gasteiger partial charge in [0.15, 0.2) is 5.82 Å². The van der Waals surface area contributed by atoms with Crippen LogP contribution >= 0.6 is 0 Å². The zero-order valence-corrected chi connectivity index (χ0v) is 14.4. The highest BCUT2D eigenvalue weighted by Crippen LogP contribution is 2.22. The second kappa shape index (κ2) is 6.89. The number of carbonyl (C=O) groups is 1. The molecule has 1 N–H and O–H groups in total. The summed E-state index contributed by atoms with van der Waals surface area (Å²) in [7, 11) is -3.48. The highest BCUT2D eigenvalue weighted by Gasteiger charge is 2.34. The van der Waals surface area contributed by atoms with E-state index in [1.807, 2.05) is 0 Å². The van der Waals surface area contributed by atoms with Crippen molar-refractivity contribution in [1.29, 1.82) is 0 Å². The van der Waals surface area contributed by atoms with Crippen LogP contribution in [0.3, 0.4) is 0 Å². The molecule has 1 aromatic heterocycles. The first-order valence-electron chi connectivity index (χ1n) is 7.78. The molecule has 1 aliphatic rings. The number of anilines is 1. The molecule has 0 saturated carbocycles. The Balaban J connectivity index is 1.77. The average molecular weight is 367 g/mol. The van der Waals surface area contributed by atoms with Crippen molar-refractivity contribution < 1.29 is 17.6 Å². The van der Waals surface area contributed by atoms with Gasteiger partial charge in [0.2, 0.25) is 15.9 Å². The SMILES string of the molecule is CS(=O)(=O)N1CCCCC1C(=O)Nc1ccc(-n2cncn2)c(F)c1. The minimum Gasteiger partial charge on any atom is -0.325 e. The zero-order chi connectivity index (χ0) is 18.0. The van der Waals surface area contributed by atoms with E-state index in [-0.39, 0.29) is 11.4 Å². The molecule has 1 unspecified atom stereocenters. The molecule has 0 radical (unpaired) electrons. The van der Waals surface area contributed by atoms with Crippen LogP contribution in [-0.4, -0.2) is 52.2 Å². The van der Waals surface area contributed by atoms with E-state index < -0.39 is 27.8 Å². The molecule has 134 valence electrons. The number of hydrogen-bond donors (Lipinski definition) is 1. The Hall–Kier alpha value is -2.33. The van der Waals surface area contributed by atoms with Crippen molar-refractivity contribution in [1.82, 2.24) is 19.1 Å². The van der Waals surface area contributed by atoms with Crippen molar-refractivity contribution in [2.24, 2.45) is 0 Å². The summed E-state index contributed by atoms with van der Waals surface area (Å²) in [5, 5.41) is 6.45. The lowest BCUT2D eigenvalue weighted by molar-refractivity contribution is -0.120. The van der Waals surface area contributed by atoms with Crippen LogP contribution in [0.1, 0.15) is 19.3 Å². The van der Waals surface area contributed by atoms with Gasteiger partial charge in [0.25, 0.3) is 0 Å². The quantitative estimate of drug-likeness (QED) is 0.875. The summed E-state index contributed by atoms with van der Waals surface area (Å²) in [5.74, 6) is -1.04. The third-order valence-electron chi connectivity index (χ3n) is 4.06. The first-order chi connectivity index (χ1) is 11.9. The van der Waals surface area contributed by atoms with Gasteiger partial charge in [0.05, 0.1) is 6.26 Å². The second-order valence-electron chi connectivity index (χ2n) is 5.88. The van der Waals surface area contributed by atoms with Crippen LogP contribution in [0.2, 0.25) is 0 Å². The minimum absolute atomic E-state index is 0.200. The normalized spacial score (nSPS) is 18.9. The van der Waals surface area contributed by atoms with E-state index >= 15 is 0 Å². The lowest BCUT2D eigenvalue weighted by Gasteiger charge is -2.32. The summed E-state index contributed by atoms with van der Waals surface area (Å²) in [6, 6.07) is 3.39. The number of halogens is 1. The largest absolute Gasteiger partial charge is 0.325 e. The summed E-state index contributed by atoms with van der Waals surface area (Å²) < 4.78 is 40.4. The standard InChI is InChI=1S/C15H18FN5O3S/c1-25(23,24)21-7-3-2-4-14(21)15(22)19-11-5-6-13(12(16)8-11)20-10-17-9-18-20/h5-6,8-10,14H,2-4,7H2,1H3,(H,19,22). The molecule has 1 amide bonds. The van der Waals surface area contributed by atoms with Gasteiger partial charge in [0, 0.05) is 12.2 Å². The second-order valence-corrected chi connectivity index (χ2v) is 7.82. The molecule has 0 aliphatic carbocycles. The monoisotopic (exact) mass is 367 g/mol. The zero-order valence-electron chi connectivity index (χ0n) is 13.6. The van der Waals surface area contributed by atoms with Crippen molar-refractivity contribution in [3.8, 4) is 5.69 Å². The predicted octanol–water partition coefficient (Wildman–Crippen LogP) is 1.16. The minimum atomic E-state index is -3.48. The van der Waals surface area contributed by atoms with Gasteiger partial charge in [-0.1, -0.05) is 6.42 Å². The predicted molar refractivity (Wildman–Crippen MR) is 89.1 cm³/mol. The molecule has 1 saturated heterocycles. The number of benzene rings is 1.